The number of hydrogen-bond donors (Lipinski definition) is 2. The lowest BCUT2D eigenvalue weighted by Gasteiger charge is -2.18. The Hall–Kier alpha value is -3.15. The van der Waals surface area contributed by atoms with E-state index in [4.69, 9.17) is 0 Å². The zero-order valence-corrected chi connectivity index (χ0v) is 15.4. The quantitative estimate of drug-likeness (QED) is 0.481. The molecular formula is C21H23N3O3. The van der Waals surface area contributed by atoms with Crippen LogP contribution in [0.25, 0.3) is 10.9 Å². The predicted molar refractivity (Wildman–Crippen MR) is 106 cm³/mol. The summed E-state index contributed by atoms with van der Waals surface area (Å²) >= 11 is 0. The third kappa shape index (κ3) is 4.34. The largest absolute Gasteiger partial charge is 0.361 e. The highest BCUT2D eigenvalue weighted by Crippen LogP contribution is 2.34. The molecule has 2 aromatic carbocycles. The average molecular weight is 365 g/mol. The number of nitro benzene ring substituents is 1. The summed E-state index contributed by atoms with van der Waals surface area (Å²) in [4.78, 5) is 26.3. The SMILES string of the molecule is CC(C)CNC(=O)CC(c1ccc([N+](=O)[O-])cc1)c1c[nH]c2ccccc12. The fourth-order valence-corrected chi connectivity index (χ4v) is 3.19. The number of non-ortho nitro benzene ring substituents is 1. The zero-order valence-electron chi connectivity index (χ0n) is 15.4. The molecule has 1 atom stereocenters. The fraction of sp³-hybridized carbons (Fsp3) is 0.286. The molecule has 1 heterocycles. The molecule has 0 bridgehead atoms. The van der Waals surface area contributed by atoms with Gasteiger partial charge in [-0.2, -0.15) is 0 Å². The molecular weight excluding hydrogens is 342 g/mol. The summed E-state index contributed by atoms with van der Waals surface area (Å²) in [7, 11) is 0. The summed E-state index contributed by atoms with van der Waals surface area (Å²) in [5, 5.41) is 15.0. The Morgan fingerprint density at radius 3 is 2.52 bits per heavy atom. The molecule has 1 amide bonds. The van der Waals surface area contributed by atoms with Gasteiger partial charge in [0.25, 0.3) is 5.69 Å². The molecule has 27 heavy (non-hydrogen) atoms. The zero-order chi connectivity index (χ0) is 19.4. The van der Waals surface area contributed by atoms with Gasteiger partial charge in [-0.15, -0.1) is 0 Å². The van der Waals surface area contributed by atoms with Crippen LogP contribution in [0.15, 0.2) is 54.7 Å². The van der Waals surface area contributed by atoms with Crippen LogP contribution in [0.5, 0.6) is 0 Å². The number of rotatable bonds is 7. The molecule has 140 valence electrons. The first-order chi connectivity index (χ1) is 13.0. The number of nitro groups is 1. The van der Waals surface area contributed by atoms with Gasteiger partial charge in [-0.1, -0.05) is 44.2 Å². The van der Waals surface area contributed by atoms with Crippen molar-refractivity contribution < 1.29 is 9.72 Å². The number of benzene rings is 2. The number of fused-ring (bicyclic) bond motifs is 1. The molecule has 0 aliphatic carbocycles. The van der Waals surface area contributed by atoms with Crippen molar-refractivity contribution in [1.82, 2.24) is 10.3 Å². The number of hydrogen-bond acceptors (Lipinski definition) is 3. The van der Waals surface area contributed by atoms with E-state index in [1.54, 1.807) is 12.1 Å². The van der Waals surface area contributed by atoms with Crippen molar-refractivity contribution in [3.05, 3.63) is 76.0 Å². The third-order valence-corrected chi connectivity index (χ3v) is 4.60. The molecule has 6 nitrogen and oxygen atoms in total. The van der Waals surface area contributed by atoms with E-state index in [1.165, 1.54) is 12.1 Å². The average Bonchev–Trinajstić information content (AvgIpc) is 3.08. The van der Waals surface area contributed by atoms with Crippen LogP contribution in [-0.2, 0) is 4.79 Å². The molecule has 3 aromatic rings. The van der Waals surface area contributed by atoms with Crippen molar-refractivity contribution in [3.8, 4) is 0 Å². The van der Waals surface area contributed by atoms with Gasteiger partial charge < -0.3 is 10.3 Å². The van der Waals surface area contributed by atoms with Gasteiger partial charge >= 0.3 is 0 Å². The smallest absolute Gasteiger partial charge is 0.269 e. The van der Waals surface area contributed by atoms with Gasteiger partial charge in [-0.25, -0.2) is 0 Å². The number of nitrogens with zero attached hydrogens (tertiary/aromatic N) is 1. The van der Waals surface area contributed by atoms with Gasteiger partial charge in [0.05, 0.1) is 4.92 Å². The van der Waals surface area contributed by atoms with Crippen LogP contribution in [0.4, 0.5) is 5.69 Å². The standard InChI is InChI=1S/C21H23N3O3/c1-14(2)12-23-21(25)11-18(15-7-9-16(10-8-15)24(26)27)19-13-22-20-6-4-3-5-17(19)20/h3-10,13-14,18,22H,11-12H2,1-2H3,(H,23,25). The maximum Gasteiger partial charge on any atom is 0.269 e. The topological polar surface area (TPSA) is 88.0 Å². The molecule has 1 unspecified atom stereocenters. The minimum absolute atomic E-state index is 0.0302. The van der Waals surface area contributed by atoms with E-state index in [0.29, 0.717) is 12.5 Å². The van der Waals surface area contributed by atoms with Gasteiger partial charge in [0.1, 0.15) is 0 Å². The molecule has 0 fully saturated rings. The first-order valence-corrected chi connectivity index (χ1v) is 9.02. The predicted octanol–water partition coefficient (Wildman–Crippen LogP) is 4.37. The number of H-pyrrole nitrogens is 1. The number of amides is 1. The number of carbonyl (C=O) groups is 1. The first kappa shape index (κ1) is 18.6. The Morgan fingerprint density at radius 2 is 1.85 bits per heavy atom. The monoisotopic (exact) mass is 365 g/mol. The van der Waals surface area contributed by atoms with Crippen molar-refractivity contribution in [1.29, 1.82) is 0 Å². The number of aromatic nitrogens is 1. The van der Waals surface area contributed by atoms with Crippen LogP contribution in [0.3, 0.4) is 0 Å². The van der Waals surface area contributed by atoms with E-state index >= 15 is 0 Å². The Kier molecular flexibility index (Phi) is 5.54. The Balaban J connectivity index is 1.95. The molecule has 0 radical (unpaired) electrons. The van der Waals surface area contributed by atoms with Crippen molar-refractivity contribution in [2.24, 2.45) is 5.92 Å². The lowest BCUT2D eigenvalue weighted by atomic mass is 9.88. The van der Waals surface area contributed by atoms with E-state index in [0.717, 1.165) is 22.0 Å². The molecule has 0 spiro atoms. The van der Waals surface area contributed by atoms with Crippen LogP contribution in [0, 0.1) is 16.0 Å². The summed E-state index contributed by atoms with van der Waals surface area (Å²) in [5.41, 5.74) is 2.94. The van der Waals surface area contributed by atoms with Crippen molar-refractivity contribution in [2.45, 2.75) is 26.2 Å². The maximum absolute atomic E-state index is 12.5. The highest BCUT2D eigenvalue weighted by molar-refractivity contribution is 5.86. The summed E-state index contributed by atoms with van der Waals surface area (Å²) in [5.74, 6) is 0.159. The molecule has 0 saturated carbocycles. The summed E-state index contributed by atoms with van der Waals surface area (Å²) in [6.45, 7) is 4.72. The van der Waals surface area contributed by atoms with Crippen LogP contribution in [0.2, 0.25) is 0 Å². The number of nitrogens with one attached hydrogen (secondary N) is 2. The molecule has 0 saturated heterocycles. The molecule has 2 N–H and O–H groups in total. The number of carbonyl (C=O) groups excluding carboxylic acids is 1. The first-order valence-electron chi connectivity index (χ1n) is 9.02. The summed E-state index contributed by atoms with van der Waals surface area (Å²) in [6.07, 6.45) is 2.21. The van der Waals surface area contributed by atoms with E-state index in [1.807, 2.05) is 44.3 Å². The lowest BCUT2D eigenvalue weighted by Crippen LogP contribution is -2.28. The van der Waals surface area contributed by atoms with Gasteiger partial charge in [0.2, 0.25) is 5.91 Å². The Labute approximate surface area is 157 Å². The maximum atomic E-state index is 12.5. The number of para-hydroxylation sites is 1. The van der Waals surface area contributed by atoms with Gasteiger partial charge in [0, 0.05) is 48.1 Å². The van der Waals surface area contributed by atoms with Gasteiger partial charge in [0.15, 0.2) is 0 Å². The molecule has 1 aromatic heterocycles. The van der Waals surface area contributed by atoms with Crippen LogP contribution in [-0.4, -0.2) is 22.4 Å². The van der Waals surface area contributed by atoms with Crippen LogP contribution >= 0.6 is 0 Å². The minimum atomic E-state index is -0.417. The van der Waals surface area contributed by atoms with Gasteiger partial charge in [-0.05, 0) is 23.1 Å². The molecule has 6 heteroatoms. The van der Waals surface area contributed by atoms with E-state index in [2.05, 4.69) is 10.3 Å². The second-order valence-electron chi connectivity index (χ2n) is 7.09. The van der Waals surface area contributed by atoms with E-state index < -0.39 is 4.92 Å². The lowest BCUT2D eigenvalue weighted by molar-refractivity contribution is -0.384. The third-order valence-electron chi connectivity index (χ3n) is 4.60. The summed E-state index contributed by atoms with van der Waals surface area (Å²) in [6, 6.07) is 14.4. The highest BCUT2D eigenvalue weighted by atomic mass is 16.6. The minimum Gasteiger partial charge on any atom is -0.361 e. The second-order valence-corrected chi connectivity index (χ2v) is 7.09. The van der Waals surface area contributed by atoms with E-state index in [-0.39, 0.29) is 23.9 Å². The summed E-state index contributed by atoms with van der Waals surface area (Å²) < 4.78 is 0. The van der Waals surface area contributed by atoms with E-state index in [9.17, 15) is 14.9 Å². The normalized spacial score (nSPS) is 12.3. The Bertz CT molecular complexity index is 945. The van der Waals surface area contributed by atoms with Crippen molar-refractivity contribution in [2.75, 3.05) is 6.54 Å². The highest BCUT2D eigenvalue weighted by Gasteiger charge is 2.22. The van der Waals surface area contributed by atoms with Gasteiger partial charge in [-0.3, -0.25) is 14.9 Å². The molecule has 0 aliphatic rings. The van der Waals surface area contributed by atoms with Crippen molar-refractivity contribution >= 4 is 22.5 Å². The molecule has 0 aliphatic heterocycles. The Morgan fingerprint density at radius 1 is 1.15 bits per heavy atom. The number of aromatic amines is 1. The van der Waals surface area contributed by atoms with Crippen molar-refractivity contribution in [3.63, 3.8) is 0 Å². The van der Waals surface area contributed by atoms with Crippen LogP contribution in [0.1, 0.15) is 37.3 Å². The van der Waals surface area contributed by atoms with Crippen LogP contribution < -0.4 is 5.32 Å². The second kappa shape index (κ2) is 8.03. The molecule has 3 rings (SSSR count). The fourth-order valence-electron chi connectivity index (χ4n) is 3.19.